The van der Waals surface area contributed by atoms with Crippen LogP contribution in [0.15, 0.2) is 114 Å². The van der Waals surface area contributed by atoms with Crippen molar-refractivity contribution < 1.29 is 4.42 Å². The molecule has 10 rings (SSSR count). The fourth-order valence-corrected chi connectivity index (χ4v) is 9.17. The summed E-state index contributed by atoms with van der Waals surface area (Å²) in [6.07, 6.45) is 0. The summed E-state index contributed by atoms with van der Waals surface area (Å²) in [4.78, 5) is 2.63. The molecule has 0 N–H and O–H groups in total. The molecule has 8 aromatic rings. The Kier molecular flexibility index (Phi) is 6.19. The number of fused-ring (bicyclic) bond motifs is 11. The van der Waals surface area contributed by atoms with E-state index in [1.54, 1.807) is 0 Å². The predicted molar refractivity (Wildman–Crippen MR) is 223 cm³/mol. The smallest absolute Gasteiger partial charge is 0.333 e. The van der Waals surface area contributed by atoms with E-state index in [-0.39, 0.29) is 23.1 Å². The molecule has 52 heavy (non-hydrogen) atoms. The number of benzene rings is 6. The zero-order valence-corrected chi connectivity index (χ0v) is 31.8. The highest BCUT2D eigenvalue weighted by atomic mass is 16.3. The maximum Gasteiger partial charge on any atom is 0.333 e. The molecule has 0 saturated heterocycles. The summed E-state index contributed by atoms with van der Waals surface area (Å²) in [6.45, 7) is 21.1. The first-order valence-corrected chi connectivity index (χ1v) is 18.8. The third-order valence-corrected chi connectivity index (χ3v) is 11.8. The van der Waals surface area contributed by atoms with Crippen molar-refractivity contribution in [3.8, 4) is 11.1 Å². The first-order valence-electron chi connectivity index (χ1n) is 18.8. The number of nitrogens with zero attached hydrogens (tertiary/aromatic N) is 2. The summed E-state index contributed by atoms with van der Waals surface area (Å²) in [7, 11) is 0. The maximum absolute atomic E-state index is 6.95. The van der Waals surface area contributed by atoms with E-state index in [2.05, 4.69) is 181 Å². The number of para-hydroxylation sites is 4. The van der Waals surface area contributed by atoms with Crippen molar-refractivity contribution in [2.75, 3.05) is 4.90 Å². The molecule has 0 aliphatic carbocycles. The lowest BCUT2D eigenvalue weighted by atomic mass is 9.44. The summed E-state index contributed by atoms with van der Waals surface area (Å²) < 4.78 is 9.60. The van der Waals surface area contributed by atoms with Gasteiger partial charge in [0.05, 0.1) is 0 Å². The van der Waals surface area contributed by atoms with Gasteiger partial charge in [-0.3, -0.25) is 0 Å². The van der Waals surface area contributed by atoms with Gasteiger partial charge >= 0.3 is 6.85 Å². The number of furan rings is 1. The fourth-order valence-electron chi connectivity index (χ4n) is 9.17. The quantitative estimate of drug-likeness (QED) is 0.161. The van der Waals surface area contributed by atoms with E-state index >= 15 is 0 Å². The molecule has 4 heteroatoms. The van der Waals surface area contributed by atoms with Gasteiger partial charge in [0, 0.05) is 60.8 Å². The van der Waals surface area contributed by atoms with Crippen molar-refractivity contribution in [3.63, 3.8) is 0 Å². The van der Waals surface area contributed by atoms with Gasteiger partial charge < -0.3 is 13.8 Å². The van der Waals surface area contributed by atoms with Crippen LogP contribution in [0.4, 0.5) is 17.1 Å². The molecule has 0 fully saturated rings. The summed E-state index contributed by atoms with van der Waals surface area (Å²) in [5, 5.41) is 4.89. The van der Waals surface area contributed by atoms with Crippen LogP contribution in [0.1, 0.15) is 79.0 Å². The van der Waals surface area contributed by atoms with Crippen molar-refractivity contribution in [1.82, 2.24) is 4.48 Å². The number of aromatic nitrogens is 1. The molecular weight excluding hydrogens is 631 g/mol. The molecule has 2 aromatic heterocycles. The van der Waals surface area contributed by atoms with Crippen LogP contribution in [0.2, 0.25) is 0 Å². The monoisotopic (exact) mass is 676 g/mol. The second kappa shape index (κ2) is 10.2. The topological polar surface area (TPSA) is 21.3 Å². The Labute approximate surface area is 307 Å². The Balaban J connectivity index is 1.45. The number of anilines is 3. The second-order valence-electron chi connectivity index (χ2n) is 18.2. The zero-order chi connectivity index (χ0) is 36.1. The van der Waals surface area contributed by atoms with Gasteiger partial charge in [-0.15, -0.1) is 0 Å². The first-order chi connectivity index (χ1) is 24.7. The molecular formula is C48H45BN2O. The Morgan fingerprint density at radius 1 is 0.577 bits per heavy atom. The van der Waals surface area contributed by atoms with Crippen LogP contribution in [0, 0.1) is 0 Å². The lowest BCUT2D eigenvalue weighted by Gasteiger charge is -2.43. The molecule has 256 valence electrons. The summed E-state index contributed by atoms with van der Waals surface area (Å²) >= 11 is 0. The average Bonchev–Trinajstić information content (AvgIpc) is 3.64. The van der Waals surface area contributed by atoms with E-state index in [4.69, 9.17) is 4.42 Å². The third-order valence-electron chi connectivity index (χ3n) is 11.8. The normalized spacial score (nSPS) is 14.2. The first kappa shape index (κ1) is 31.5. The Morgan fingerprint density at radius 2 is 1.23 bits per heavy atom. The Morgan fingerprint density at radius 3 is 1.94 bits per heavy atom. The largest absolute Gasteiger partial charge is 0.455 e. The van der Waals surface area contributed by atoms with Gasteiger partial charge in [-0.1, -0.05) is 141 Å². The number of rotatable bonds is 1. The highest BCUT2D eigenvalue weighted by Gasteiger charge is 2.46. The van der Waals surface area contributed by atoms with Crippen molar-refractivity contribution in [2.24, 2.45) is 0 Å². The molecule has 0 radical (unpaired) electrons. The lowest BCUT2D eigenvalue weighted by molar-refractivity contribution is 0.568. The predicted octanol–water partition coefficient (Wildman–Crippen LogP) is 12.0. The molecule has 3 nitrogen and oxygen atoms in total. The highest BCUT2D eigenvalue weighted by molar-refractivity contribution is 6.90. The Hall–Kier alpha value is -5.22. The second-order valence-corrected chi connectivity index (χ2v) is 18.2. The molecule has 2 aliphatic rings. The van der Waals surface area contributed by atoms with E-state index in [1.165, 1.54) is 77.6 Å². The highest BCUT2D eigenvalue weighted by Crippen LogP contribution is 2.51. The standard InChI is InChI=1S/C48H45BN2O/c1-46(2,3)28-24-29(47(4,5)6)26-30(25-28)50-39-27-35-32-17-11-13-23-40(32)52-45(35)41-34-19-14-18-33-31-16-10-12-22-38(31)51(43(33)34)49(42(39)41)37-21-15-20-36(44(37)50)48(7,8)9/h10-27H,1-9H3. The zero-order valence-electron chi connectivity index (χ0n) is 31.8. The van der Waals surface area contributed by atoms with Gasteiger partial charge in [-0.05, 0) is 74.2 Å². The van der Waals surface area contributed by atoms with Crippen LogP contribution >= 0.6 is 0 Å². The minimum Gasteiger partial charge on any atom is -0.455 e. The van der Waals surface area contributed by atoms with E-state index in [9.17, 15) is 0 Å². The van der Waals surface area contributed by atoms with Crippen molar-refractivity contribution in [2.45, 2.75) is 78.6 Å². The van der Waals surface area contributed by atoms with Gasteiger partial charge in [0.15, 0.2) is 0 Å². The Bertz CT molecular complexity index is 2780. The van der Waals surface area contributed by atoms with E-state index in [0.29, 0.717) is 0 Å². The van der Waals surface area contributed by atoms with Gasteiger partial charge in [-0.2, -0.15) is 0 Å². The fraction of sp³-hybridized carbons (Fsp3) is 0.250. The van der Waals surface area contributed by atoms with E-state index < -0.39 is 0 Å². The average molecular weight is 677 g/mol. The maximum atomic E-state index is 6.95. The number of hydrogen-bond donors (Lipinski definition) is 0. The molecule has 0 amide bonds. The third kappa shape index (κ3) is 4.21. The van der Waals surface area contributed by atoms with Crippen LogP contribution in [0.5, 0.6) is 0 Å². The van der Waals surface area contributed by atoms with Crippen molar-refractivity contribution >= 4 is 78.6 Å². The minimum absolute atomic E-state index is 0.0283. The molecule has 0 unspecified atom stereocenters. The molecule has 0 atom stereocenters. The molecule has 0 spiro atoms. The van der Waals surface area contributed by atoms with Gasteiger partial charge in [-0.25, -0.2) is 0 Å². The van der Waals surface area contributed by atoms with Crippen LogP contribution in [0.3, 0.4) is 0 Å². The van der Waals surface area contributed by atoms with Crippen molar-refractivity contribution in [1.29, 1.82) is 0 Å². The summed E-state index contributed by atoms with van der Waals surface area (Å²) in [5.41, 5.74) is 17.2. The molecule has 0 bridgehead atoms. The molecule has 2 aliphatic heterocycles. The SMILES string of the molecule is CC(C)(C)c1cc(N2c3cc4c(oc5ccccc54)c4c3B(c3cccc(C(C)(C)C)c32)n2c3ccccc3c3cccc-4c32)cc(C(C)(C)C)c1. The van der Waals surface area contributed by atoms with Crippen LogP contribution in [-0.2, 0) is 16.2 Å². The van der Waals surface area contributed by atoms with Crippen LogP contribution in [-0.4, -0.2) is 11.3 Å². The molecule has 6 aromatic carbocycles. The van der Waals surface area contributed by atoms with E-state index in [1.807, 2.05) is 0 Å². The van der Waals surface area contributed by atoms with E-state index in [0.717, 1.165) is 21.9 Å². The number of hydrogen-bond acceptors (Lipinski definition) is 2. The summed E-state index contributed by atoms with van der Waals surface area (Å²) in [6, 6.07) is 41.2. The summed E-state index contributed by atoms with van der Waals surface area (Å²) in [5.74, 6) is 0. The minimum atomic E-state index is -0.106. The van der Waals surface area contributed by atoms with Crippen LogP contribution in [0.25, 0.3) is 54.9 Å². The molecule has 0 saturated carbocycles. The molecule has 4 heterocycles. The van der Waals surface area contributed by atoms with Gasteiger partial charge in [0.25, 0.3) is 0 Å². The van der Waals surface area contributed by atoms with Crippen molar-refractivity contribution in [3.05, 3.63) is 126 Å². The van der Waals surface area contributed by atoms with Crippen LogP contribution < -0.4 is 15.8 Å². The van der Waals surface area contributed by atoms with Gasteiger partial charge in [0.2, 0.25) is 0 Å². The van der Waals surface area contributed by atoms with Gasteiger partial charge in [0.1, 0.15) is 11.2 Å². The lowest BCUT2D eigenvalue weighted by Crippen LogP contribution is -2.57.